The first-order chi connectivity index (χ1) is 12.4. The van der Waals surface area contributed by atoms with Crippen LogP contribution in [-0.2, 0) is 19.1 Å². The van der Waals surface area contributed by atoms with Crippen LogP contribution in [0.3, 0.4) is 0 Å². The third-order valence-corrected chi connectivity index (χ3v) is 7.10. The van der Waals surface area contributed by atoms with Crippen molar-refractivity contribution >= 4 is 11.9 Å². The SMILES string of the molecule is C/C=C(/C)C(=O)O[C@@H]1CC[C@H](C)[C@@]2(C)[C@H](O)C3=C(C)C(=O)O[C@@]3(O)C[C@@]12O. The molecule has 2 fully saturated rings. The number of aliphatic hydroxyl groups is 3. The number of hydrogen-bond acceptors (Lipinski definition) is 7. The number of aliphatic hydroxyl groups excluding tert-OH is 1. The van der Waals surface area contributed by atoms with E-state index in [1.807, 2.05) is 6.92 Å². The highest BCUT2D eigenvalue weighted by molar-refractivity contribution is 5.92. The Morgan fingerprint density at radius 2 is 1.96 bits per heavy atom. The molecule has 27 heavy (non-hydrogen) atoms. The van der Waals surface area contributed by atoms with Crippen molar-refractivity contribution in [3.8, 4) is 0 Å². The first-order valence-corrected chi connectivity index (χ1v) is 9.33. The van der Waals surface area contributed by atoms with Crippen molar-refractivity contribution in [3.63, 3.8) is 0 Å². The molecule has 0 bridgehead atoms. The topological polar surface area (TPSA) is 113 Å². The van der Waals surface area contributed by atoms with Gasteiger partial charge in [-0.3, -0.25) is 0 Å². The summed E-state index contributed by atoms with van der Waals surface area (Å²) in [7, 11) is 0. The van der Waals surface area contributed by atoms with E-state index in [2.05, 4.69) is 0 Å². The second kappa shape index (κ2) is 6.15. The number of carbonyl (C=O) groups excluding carboxylic acids is 2. The van der Waals surface area contributed by atoms with E-state index in [0.29, 0.717) is 18.4 Å². The number of fused-ring (bicyclic) bond motifs is 2. The summed E-state index contributed by atoms with van der Waals surface area (Å²) in [5, 5.41) is 33.8. The van der Waals surface area contributed by atoms with Crippen LogP contribution < -0.4 is 0 Å². The Morgan fingerprint density at radius 1 is 1.33 bits per heavy atom. The molecule has 2 aliphatic carbocycles. The van der Waals surface area contributed by atoms with Crippen molar-refractivity contribution in [2.75, 3.05) is 0 Å². The summed E-state index contributed by atoms with van der Waals surface area (Å²) in [6, 6.07) is 0. The molecule has 1 heterocycles. The van der Waals surface area contributed by atoms with Gasteiger partial charge in [0.05, 0.1) is 12.5 Å². The number of ether oxygens (including phenoxy) is 2. The van der Waals surface area contributed by atoms with E-state index in [4.69, 9.17) is 9.47 Å². The van der Waals surface area contributed by atoms with E-state index in [1.165, 1.54) is 6.92 Å². The van der Waals surface area contributed by atoms with E-state index in [9.17, 15) is 24.9 Å². The number of carbonyl (C=O) groups is 2. The fourth-order valence-electron chi connectivity index (χ4n) is 4.92. The van der Waals surface area contributed by atoms with E-state index < -0.39 is 40.9 Å². The van der Waals surface area contributed by atoms with Gasteiger partial charge < -0.3 is 24.8 Å². The first-order valence-electron chi connectivity index (χ1n) is 9.33. The highest BCUT2D eigenvalue weighted by atomic mass is 16.7. The second-order valence-electron chi connectivity index (χ2n) is 8.34. The molecule has 6 atom stereocenters. The third kappa shape index (κ3) is 2.52. The van der Waals surface area contributed by atoms with Crippen LogP contribution in [0.4, 0.5) is 0 Å². The molecule has 3 N–H and O–H groups in total. The molecule has 1 aliphatic heterocycles. The fraction of sp³-hybridized carbons (Fsp3) is 0.700. The Morgan fingerprint density at radius 3 is 2.56 bits per heavy atom. The van der Waals surface area contributed by atoms with Crippen molar-refractivity contribution in [1.82, 2.24) is 0 Å². The molecule has 0 amide bonds. The quantitative estimate of drug-likeness (QED) is 0.490. The Hall–Kier alpha value is -1.70. The van der Waals surface area contributed by atoms with Gasteiger partial charge in [-0.15, -0.1) is 0 Å². The van der Waals surface area contributed by atoms with Crippen molar-refractivity contribution < 1.29 is 34.4 Å². The predicted molar refractivity (Wildman–Crippen MR) is 95.1 cm³/mol. The highest BCUT2D eigenvalue weighted by Crippen LogP contribution is 2.61. The maximum absolute atomic E-state index is 12.3. The van der Waals surface area contributed by atoms with Gasteiger partial charge >= 0.3 is 11.9 Å². The van der Waals surface area contributed by atoms with Gasteiger partial charge in [-0.05, 0) is 39.5 Å². The standard InChI is InChI=1S/C20H28O7/c1-6-10(2)16(22)26-13-8-7-11(3)18(5)15(21)14-12(4)17(23)27-20(14,25)9-19(13,18)24/h6,11,13,15,21,24-25H,7-9H2,1-5H3/b10-6-/t11-,13+,15+,18-,19+,20-/m0/s1. The van der Waals surface area contributed by atoms with Gasteiger partial charge in [0.1, 0.15) is 11.7 Å². The van der Waals surface area contributed by atoms with E-state index >= 15 is 0 Å². The Labute approximate surface area is 158 Å². The smallest absolute Gasteiger partial charge is 0.336 e. The summed E-state index contributed by atoms with van der Waals surface area (Å²) >= 11 is 0. The van der Waals surface area contributed by atoms with Crippen LogP contribution in [0.1, 0.15) is 53.9 Å². The summed E-state index contributed by atoms with van der Waals surface area (Å²) < 4.78 is 10.7. The Kier molecular flexibility index (Phi) is 4.57. The molecule has 3 rings (SSSR count). The highest BCUT2D eigenvalue weighted by Gasteiger charge is 2.72. The summed E-state index contributed by atoms with van der Waals surface area (Å²) in [5.74, 6) is -3.53. The van der Waals surface area contributed by atoms with Crippen LogP contribution in [0.2, 0.25) is 0 Å². The summed E-state index contributed by atoms with van der Waals surface area (Å²) in [6.45, 7) is 8.44. The van der Waals surface area contributed by atoms with E-state index in [1.54, 1.807) is 26.8 Å². The summed E-state index contributed by atoms with van der Waals surface area (Å²) in [4.78, 5) is 24.4. The molecule has 0 unspecified atom stereocenters. The van der Waals surface area contributed by atoms with Crippen LogP contribution >= 0.6 is 0 Å². The lowest BCUT2D eigenvalue weighted by Crippen LogP contribution is -2.72. The van der Waals surface area contributed by atoms with Crippen LogP contribution in [0, 0.1) is 11.3 Å². The average molecular weight is 380 g/mol. The Bertz CT molecular complexity index is 753. The molecule has 0 saturated heterocycles. The van der Waals surface area contributed by atoms with Crippen LogP contribution in [0.15, 0.2) is 22.8 Å². The van der Waals surface area contributed by atoms with Crippen molar-refractivity contribution in [1.29, 1.82) is 0 Å². The largest absolute Gasteiger partial charge is 0.456 e. The third-order valence-electron chi connectivity index (χ3n) is 7.10. The first kappa shape index (κ1) is 20.0. The number of hydrogen-bond donors (Lipinski definition) is 3. The van der Waals surface area contributed by atoms with Crippen LogP contribution in [0.25, 0.3) is 0 Å². The molecule has 7 heteroatoms. The summed E-state index contributed by atoms with van der Waals surface area (Å²) in [5.41, 5.74) is -2.24. The van der Waals surface area contributed by atoms with Gasteiger partial charge in [0.25, 0.3) is 0 Å². The monoisotopic (exact) mass is 380 g/mol. The van der Waals surface area contributed by atoms with Gasteiger partial charge in [0.15, 0.2) is 0 Å². The lowest BCUT2D eigenvalue weighted by molar-refractivity contribution is -0.299. The molecule has 0 radical (unpaired) electrons. The minimum atomic E-state index is -2.10. The molecule has 0 aromatic carbocycles. The minimum absolute atomic E-state index is 0.100. The zero-order valence-corrected chi connectivity index (χ0v) is 16.4. The molecule has 0 aromatic heterocycles. The van der Waals surface area contributed by atoms with E-state index in [-0.39, 0.29) is 23.5 Å². The molecule has 3 aliphatic rings. The van der Waals surface area contributed by atoms with Crippen molar-refractivity contribution in [3.05, 3.63) is 22.8 Å². The molecular weight excluding hydrogens is 352 g/mol. The summed E-state index contributed by atoms with van der Waals surface area (Å²) in [6.07, 6.45) is -0.00711. The molecule has 150 valence electrons. The minimum Gasteiger partial charge on any atom is -0.456 e. The maximum atomic E-state index is 12.3. The normalized spacial score (nSPS) is 44.5. The number of rotatable bonds is 2. The van der Waals surface area contributed by atoms with Crippen molar-refractivity contribution in [2.24, 2.45) is 11.3 Å². The zero-order chi connectivity index (χ0) is 20.4. The van der Waals surface area contributed by atoms with Gasteiger partial charge in [0.2, 0.25) is 5.79 Å². The zero-order valence-electron chi connectivity index (χ0n) is 16.4. The van der Waals surface area contributed by atoms with Crippen LogP contribution in [0.5, 0.6) is 0 Å². The Balaban J connectivity index is 2.09. The lowest BCUT2D eigenvalue weighted by Gasteiger charge is -2.61. The predicted octanol–water partition coefficient (Wildman–Crippen LogP) is 1.36. The number of esters is 2. The van der Waals surface area contributed by atoms with Gasteiger partial charge in [-0.1, -0.05) is 19.9 Å². The molecule has 7 nitrogen and oxygen atoms in total. The fourth-order valence-corrected chi connectivity index (χ4v) is 4.92. The van der Waals surface area contributed by atoms with Gasteiger partial charge in [0, 0.05) is 22.1 Å². The van der Waals surface area contributed by atoms with Gasteiger partial charge in [-0.25, -0.2) is 9.59 Å². The number of allylic oxidation sites excluding steroid dienone is 1. The average Bonchev–Trinajstić information content (AvgIpc) is 2.82. The molecule has 0 spiro atoms. The molecule has 2 saturated carbocycles. The molecule has 0 aromatic rings. The van der Waals surface area contributed by atoms with E-state index in [0.717, 1.165) is 0 Å². The van der Waals surface area contributed by atoms with Crippen molar-refractivity contribution in [2.45, 2.75) is 77.5 Å². The second-order valence-corrected chi connectivity index (χ2v) is 8.34. The lowest BCUT2D eigenvalue weighted by atomic mass is 9.49. The van der Waals surface area contributed by atoms with Gasteiger partial charge in [-0.2, -0.15) is 0 Å². The maximum Gasteiger partial charge on any atom is 0.336 e. The van der Waals surface area contributed by atoms with Crippen LogP contribution in [-0.4, -0.2) is 50.9 Å². The molecular formula is C20H28O7.